The molecule has 3 fully saturated rings. The fraction of sp³-hybridized carbons (Fsp3) is 0.667. The normalized spacial score (nSPS) is 32.8. The highest BCUT2D eigenvalue weighted by atomic mass is 32.2. The second-order valence-electron chi connectivity index (χ2n) is 8.36. The van der Waals surface area contributed by atoms with E-state index in [-0.39, 0.29) is 11.5 Å². The molecule has 3 saturated heterocycles. The molecule has 26 heavy (non-hydrogen) atoms. The van der Waals surface area contributed by atoms with Gasteiger partial charge in [-0.3, -0.25) is 9.69 Å². The van der Waals surface area contributed by atoms with Crippen molar-refractivity contribution in [2.45, 2.75) is 44.9 Å². The minimum Gasteiger partial charge on any atom is -0.370 e. The van der Waals surface area contributed by atoms with Crippen molar-refractivity contribution in [3.63, 3.8) is 0 Å². The molecule has 1 amide bonds. The summed E-state index contributed by atoms with van der Waals surface area (Å²) >= 11 is 1.58. The van der Waals surface area contributed by atoms with Crippen molar-refractivity contribution in [1.82, 2.24) is 10.2 Å². The first-order valence-electron chi connectivity index (χ1n) is 9.73. The molecule has 0 radical (unpaired) electrons. The number of fused-ring (bicyclic) bond motifs is 1. The maximum absolute atomic E-state index is 11.9. The molecular formula is C21H30N2O2S. The summed E-state index contributed by atoms with van der Waals surface area (Å²) in [4.78, 5) is 14.4. The van der Waals surface area contributed by atoms with Crippen LogP contribution in [0.2, 0.25) is 0 Å². The molecule has 1 aromatic rings. The maximum Gasteiger partial charge on any atom is 0.229 e. The number of carbonyl (C=O) groups excluding carboxylic acids is 1. The number of rotatable bonds is 6. The molecule has 4 atom stereocenters. The summed E-state index contributed by atoms with van der Waals surface area (Å²) in [7, 11) is 0. The summed E-state index contributed by atoms with van der Waals surface area (Å²) < 4.78 is 6.50. The van der Waals surface area contributed by atoms with Gasteiger partial charge in [0, 0.05) is 38.0 Å². The second-order valence-corrected chi connectivity index (χ2v) is 9.22. The Morgan fingerprint density at radius 3 is 3.00 bits per heavy atom. The summed E-state index contributed by atoms with van der Waals surface area (Å²) in [6.07, 6.45) is 4.65. The number of aryl methyl sites for hydroxylation is 2. The third-order valence-electron chi connectivity index (χ3n) is 6.64. The van der Waals surface area contributed by atoms with E-state index in [1.807, 2.05) is 6.26 Å². The van der Waals surface area contributed by atoms with E-state index in [2.05, 4.69) is 42.3 Å². The lowest BCUT2D eigenvalue weighted by Crippen LogP contribution is -2.42. The highest BCUT2D eigenvalue weighted by Crippen LogP contribution is 2.54. The zero-order chi connectivity index (χ0) is 18.3. The van der Waals surface area contributed by atoms with E-state index in [0.29, 0.717) is 23.7 Å². The van der Waals surface area contributed by atoms with Gasteiger partial charge in [0.15, 0.2) is 0 Å². The number of hydrogen-bond donors (Lipinski definition) is 1. The Morgan fingerprint density at radius 2 is 2.23 bits per heavy atom. The lowest BCUT2D eigenvalue weighted by Gasteiger charge is -2.29. The summed E-state index contributed by atoms with van der Waals surface area (Å²) in [5, 5.41) is 3.14. The van der Waals surface area contributed by atoms with Crippen LogP contribution in [-0.4, -0.2) is 54.2 Å². The van der Waals surface area contributed by atoms with Crippen molar-refractivity contribution in [2.24, 2.45) is 11.8 Å². The van der Waals surface area contributed by atoms with Crippen LogP contribution in [0, 0.1) is 25.7 Å². The first kappa shape index (κ1) is 18.3. The van der Waals surface area contributed by atoms with Gasteiger partial charge in [0.05, 0.1) is 17.5 Å². The van der Waals surface area contributed by atoms with Crippen LogP contribution in [0.5, 0.6) is 0 Å². The third-order valence-corrected chi connectivity index (χ3v) is 7.19. The molecule has 0 saturated carbocycles. The number of carbonyl (C=O) groups is 1. The zero-order valence-electron chi connectivity index (χ0n) is 16.1. The number of nitrogens with one attached hydrogen (secondary N) is 1. The molecule has 1 N–H and O–H groups in total. The number of thioether (sulfide) groups is 1. The van der Waals surface area contributed by atoms with Gasteiger partial charge in [0.25, 0.3) is 0 Å². The van der Waals surface area contributed by atoms with Gasteiger partial charge in [-0.2, -0.15) is 11.8 Å². The Hall–Kier alpha value is -1.04. The van der Waals surface area contributed by atoms with Gasteiger partial charge in [-0.1, -0.05) is 18.2 Å². The summed E-state index contributed by atoms with van der Waals surface area (Å²) in [6.45, 7) is 8.25. The van der Waals surface area contributed by atoms with Gasteiger partial charge in [-0.15, -0.1) is 0 Å². The van der Waals surface area contributed by atoms with Gasteiger partial charge in [-0.25, -0.2) is 0 Å². The fourth-order valence-electron chi connectivity index (χ4n) is 5.25. The number of likely N-dealkylation sites (tertiary alicyclic amines) is 1. The Kier molecular flexibility index (Phi) is 5.06. The van der Waals surface area contributed by atoms with E-state index in [4.69, 9.17) is 4.74 Å². The van der Waals surface area contributed by atoms with E-state index in [1.54, 1.807) is 11.8 Å². The highest BCUT2D eigenvalue weighted by molar-refractivity contribution is 7.99. The van der Waals surface area contributed by atoms with E-state index >= 15 is 0 Å². The average molecular weight is 375 g/mol. The van der Waals surface area contributed by atoms with Crippen LogP contribution >= 0.6 is 11.8 Å². The molecule has 3 aliphatic heterocycles. The molecule has 2 bridgehead atoms. The maximum atomic E-state index is 11.9. The zero-order valence-corrected chi connectivity index (χ0v) is 16.9. The van der Waals surface area contributed by atoms with Crippen LogP contribution in [0.25, 0.3) is 0 Å². The lowest BCUT2D eigenvalue weighted by molar-refractivity contribution is -0.118. The number of ether oxygens (including phenoxy) is 1. The van der Waals surface area contributed by atoms with Crippen molar-refractivity contribution < 1.29 is 9.53 Å². The van der Waals surface area contributed by atoms with Crippen LogP contribution in [-0.2, 0) is 16.1 Å². The summed E-state index contributed by atoms with van der Waals surface area (Å²) in [6, 6.07) is 6.80. The molecule has 1 aromatic carbocycles. The number of benzene rings is 1. The van der Waals surface area contributed by atoms with Crippen molar-refractivity contribution in [1.29, 1.82) is 0 Å². The van der Waals surface area contributed by atoms with Crippen molar-refractivity contribution in [2.75, 3.05) is 31.6 Å². The standard InChI is InChI=1S/C21H30N2O2S/c1-14-4-5-16(8-15(14)2)10-23-11-18-17(9-22-20(24)12-26-3)19-6-7-21(18,13-23)25-19/h4-5,8,17-19H,6-7,9-13H2,1-3H3,(H,22,24)/t17-,18+,19+,21+/m0/s1. The SMILES string of the molecule is CSCC(=O)NC[C@H]1[C@H]2CN(Cc3ccc(C)c(C)c3)C[C@]23CC[C@H]1O3. The lowest BCUT2D eigenvalue weighted by atomic mass is 9.73. The predicted molar refractivity (Wildman–Crippen MR) is 106 cm³/mol. The second kappa shape index (κ2) is 7.17. The Balaban J connectivity index is 1.41. The Bertz CT molecular complexity index is 695. The van der Waals surface area contributed by atoms with E-state index in [1.165, 1.54) is 23.1 Å². The van der Waals surface area contributed by atoms with Gasteiger partial charge in [0.2, 0.25) is 5.91 Å². The summed E-state index contributed by atoms with van der Waals surface area (Å²) in [5.74, 6) is 1.73. The quantitative estimate of drug-likeness (QED) is 0.831. The van der Waals surface area contributed by atoms with Crippen LogP contribution in [0.3, 0.4) is 0 Å². The van der Waals surface area contributed by atoms with Gasteiger partial charge in [-0.05, 0) is 49.6 Å². The fourth-order valence-corrected chi connectivity index (χ4v) is 5.62. The molecule has 4 rings (SSSR count). The van der Waals surface area contributed by atoms with Crippen LogP contribution in [0.15, 0.2) is 18.2 Å². The molecule has 1 spiro atoms. The van der Waals surface area contributed by atoms with Crippen LogP contribution in [0.1, 0.15) is 29.5 Å². The predicted octanol–water partition coefficient (Wildman–Crippen LogP) is 2.76. The topological polar surface area (TPSA) is 41.6 Å². The van der Waals surface area contributed by atoms with Crippen LogP contribution in [0.4, 0.5) is 0 Å². The van der Waals surface area contributed by atoms with Crippen molar-refractivity contribution >= 4 is 17.7 Å². The molecule has 0 aromatic heterocycles. The van der Waals surface area contributed by atoms with Gasteiger partial charge >= 0.3 is 0 Å². The van der Waals surface area contributed by atoms with E-state index in [9.17, 15) is 4.79 Å². The first-order chi connectivity index (χ1) is 12.5. The molecule has 5 heteroatoms. The molecule has 3 heterocycles. The van der Waals surface area contributed by atoms with Crippen LogP contribution < -0.4 is 5.32 Å². The molecule has 0 aliphatic carbocycles. The van der Waals surface area contributed by atoms with Crippen molar-refractivity contribution in [3.8, 4) is 0 Å². The Labute approximate surface area is 161 Å². The molecule has 3 aliphatic rings. The van der Waals surface area contributed by atoms with E-state index in [0.717, 1.165) is 32.6 Å². The Morgan fingerprint density at radius 1 is 1.38 bits per heavy atom. The minimum absolute atomic E-state index is 0.0410. The molecule has 0 unspecified atom stereocenters. The average Bonchev–Trinajstić information content (AvgIpc) is 3.24. The summed E-state index contributed by atoms with van der Waals surface area (Å²) in [5.41, 5.74) is 4.16. The first-order valence-corrected chi connectivity index (χ1v) is 11.1. The molecular weight excluding hydrogens is 344 g/mol. The smallest absolute Gasteiger partial charge is 0.229 e. The van der Waals surface area contributed by atoms with E-state index < -0.39 is 0 Å². The molecule has 4 nitrogen and oxygen atoms in total. The van der Waals surface area contributed by atoms with Gasteiger partial charge in [0.1, 0.15) is 0 Å². The monoisotopic (exact) mass is 374 g/mol. The number of amides is 1. The van der Waals surface area contributed by atoms with Gasteiger partial charge < -0.3 is 10.1 Å². The largest absolute Gasteiger partial charge is 0.370 e. The van der Waals surface area contributed by atoms with Crippen molar-refractivity contribution in [3.05, 3.63) is 34.9 Å². The number of hydrogen-bond acceptors (Lipinski definition) is 4. The minimum atomic E-state index is 0.0410. The third kappa shape index (κ3) is 3.30. The highest BCUT2D eigenvalue weighted by Gasteiger charge is 2.62. The number of nitrogens with zero attached hydrogens (tertiary/aromatic N) is 1. The molecule has 142 valence electrons.